The minimum Gasteiger partial charge on any atom is -0.384 e. The molecule has 1 aromatic carbocycles. The number of aliphatic hydroxyl groups is 1. The molecule has 1 heterocycles. The Labute approximate surface area is 170 Å². The second-order valence-corrected chi connectivity index (χ2v) is 9.10. The van der Waals surface area contributed by atoms with E-state index in [2.05, 4.69) is 22.6 Å². The Morgan fingerprint density at radius 2 is 1.96 bits per heavy atom. The van der Waals surface area contributed by atoms with Crippen molar-refractivity contribution in [2.45, 2.75) is 57.7 Å². The first-order chi connectivity index (χ1) is 13.3. The molecule has 2 saturated carbocycles. The summed E-state index contributed by atoms with van der Waals surface area (Å²) in [4.78, 5) is 12.6. The number of hydrogen-bond acceptors (Lipinski definition) is 4. The zero-order valence-corrected chi connectivity index (χ0v) is 17.2. The molecule has 0 spiro atoms. The highest BCUT2D eigenvalue weighted by Crippen LogP contribution is 2.62. The second kappa shape index (κ2) is 7.16. The average molecular weight is 403 g/mol. The highest BCUT2D eigenvalue weighted by atomic mass is 35.5. The summed E-state index contributed by atoms with van der Waals surface area (Å²) in [6, 6.07) is 7.54. The lowest BCUT2D eigenvalue weighted by Crippen LogP contribution is -2.37. The maximum atomic E-state index is 12.6. The fraction of sp³-hybridized carbons (Fsp3) is 0.571. The first-order valence-corrected chi connectivity index (χ1v) is 10.4. The van der Waals surface area contributed by atoms with Crippen LogP contribution in [0.3, 0.4) is 0 Å². The van der Waals surface area contributed by atoms with Crippen LogP contribution in [0.2, 0.25) is 5.02 Å². The molecule has 28 heavy (non-hydrogen) atoms. The van der Waals surface area contributed by atoms with E-state index in [-0.39, 0.29) is 11.9 Å². The van der Waals surface area contributed by atoms with Crippen molar-refractivity contribution >= 4 is 17.5 Å². The maximum absolute atomic E-state index is 12.6. The molecule has 2 aliphatic carbocycles. The van der Waals surface area contributed by atoms with E-state index < -0.39 is 5.60 Å². The predicted octanol–water partition coefficient (Wildman–Crippen LogP) is 3.56. The third-order valence-electron chi connectivity index (χ3n) is 6.32. The number of nitrogens with one attached hydrogen (secondary N) is 1. The zero-order valence-electron chi connectivity index (χ0n) is 16.5. The van der Waals surface area contributed by atoms with Gasteiger partial charge in [-0.25, -0.2) is 4.68 Å². The van der Waals surface area contributed by atoms with Gasteiger partial charge < -0.3 is 10.4 Å². The molecule has 0 bridgehead atoms. The average Bonchev–Trinajstić information content (AvgIpc) is 3.05. The van der Waals surface area contributed by atoms with E-state index in [0.29, 0.717) is 40.1 Å². The summed E-state index contributed by atoms with van der Waals surface area (Å²) in [7, 11) is 0. The molecule has 3 unspecified atom stereocenters. The number of nitrogens with zero attached hydrogens (tertiary/aromatic N) is 3. The normalized spacial score (nSPS) is 27.3. The van der Waals surface area contributed by atoms with Crippen LogP contribution in [0.15, 0.2) is 30.5 Å². The van der Waals surface area contributed by atoms with Crippen LogP contribution in [0.5, 0.6) is 0 Å². The van der Waals surface area contributed by atoms with Crippen molar-refractivity contribution < 1.29 is 9.90 Å². The molecule has 150 valence electrons. The van der Waals surface area contributed by atoms with Gasteiger partial charge >= 0.3 is 0 Å². The Hall–Kier alpha value is -1.92. The lowest BCUT2D eigenvalue weighted by atomic mass is 9.99. The number of aromatic nitrogens is 3. The molecule has 2 aromatic rings. The fourth-order valence-electron chi connectivity index (χ4n) is 4.73. The van der Waals surface area contributed by atoms with Crippen molar-refractivity contribution in [3.05, 3.63) is 46.7 Å². The summed E-state index contributed by atoms with van der Waals surface area (Å²) in [6.07, 6.45) is 4.90. The van der Waals surface area contributed by atoms with E-state index in [9.17, 15) is 9.90 Å². The standard InChI is InChI=1S/C21H27ClN4O2/c1-4-17(23-20(27)12-5-7-13(22)8-6-12)19-15-9-14(10-16(15)19)26-11-18(24-25-26)21(2,3)28/h5-8,11,14-17,19,28H,4,9-10H2,1-3H3,(H,23,27)/t14?,15-,16+,17?,19?. The van der Waals surface area contributed by atoms with E-state index in [4.69, 9.17) is 11.6 Å². The summed E-state index contributed by atoms with van der Waals surface area (Å²) in [5.41, 5.74) is 0.279. The third-order valence-corrected chi connectivity index (χ3v) is 6.58. The Kier molecular flexibility index (Phi) is 4.96. The Bertz CT molecular complexity index is 846. The van der Waals surface area contributed by atoms with Crippen LogP contribution < -0.4 is 5.32 Å². The topological polar surface area (TPSA) is 80.0 Å². The number of amides is 1. The molecule has 0 aliphatic heterocycles. The molecule has 6 nitrogen and oxygen atoms in total. The Morgan fingerprint density at radius 1 is 1.32 bits per heavy atom. The molecule has 5 atom stereocenters. The third kappa shape index (κ3) is 3.67. The summed E-state index contributed by atoms with van der Waals surface area (Å²) in [5, 5.41) is 22.3. The van der Waals surface area contributed by atoms with Crippen LogP contribution in [-0.4, -0.2) is 32.0 Å². The monoisotopic (exact) mass is 402 g/mol. The van der Waals surface area contributed by atoms with Crippen LogP contribution >= 0.6 is 11.6 Å². The number of rotatable bonds is 6. The van der Waals surface area contributed by atoms with Gasteiger partial charge in [0.05, 0.1) is 12.2 Å². The van der Waals surface area contributed by atoms with Crippen LogP contribution in [0.4, 0.5) is 0 Å². The summed E-state index contributed by atoms with van der Waals surface area (Å²) in [5.74, 6) is 1.75. The van der Waals surface area contributed by atoms with Gasteiger partial charge in [0.25, 0.3) is 5.91 Å². The second-order valence-electron chi connectivity index (χ2n) is 8.67. The van der Waals surface area contributed by atoms with Gasteiger partial charge in [-0.2, -0.15) is 0 Å². The maximum Gasteiger partial charge on any atom is 0.251 e. The number of fused-ring (bicyclic) bond motifs is 1. The lowest BCUT2D eigenvalue weighted by Gasteiger charge is -2.21. The Balaban J connectivity index is 1.35. The first-order valence-electron chi connectivity index (χ1n) is 9.99. The molecular weight excluding hydrogens is 376 g/mol. The molecule has 1 amide bonds. The zero-order chi connectivity index (χ0) is 20.1. The van der Waals surface area contributed by atoms with E-state index >= 15 is 0 Å². The van der Waals surface area contributed by atoms with Gasteiger partial charge in [0.15, 0.2) is 0 Å². The molecule has 2 fully saturated rings. The highest BCUT2D eigenvalue weighted by Gasteiger charge is 2.59. The van der Waals surface area contributed by atoms with Gasteiger partial charge in [-0.3, -0.25) is 4.79 Å². The van der Waals surface area contributed by atoms with Gasteiger partial charge in [0, 0.05) is 16.6 Å². The number of halogens is 1. The summed E-state index contributed by atoms with van der Waals surface area (Å²) >= 11 is 5.91. The van der Waals surface area contributed by atoms with Crippen LogP contribution in [0.1, 0.15) is 62.1 Å². The van der Waals surface area contributed by atoms with Crippen molar-refractivity contribution in [1.82, 2.24) is 20.3 Å². The molecule has 1 aromatic heterocycles. The summed E-state index contributed by atoms with van der Waals surface area (Å²) < 4.78 is 1.91. The molecule has 2 N–H and O–H groups in total. The van der Waals surface area contributed by atoms with Crippen LogP contribution in [0, 0.1) is 17.8 Å². The van der Waals surface area contributed by atoms with E-state index in [0.717, 1.165) is 19.3 Å². The van der Waals surface area contributed by atoms with Gasteiger partial charge in [0.1, 0.15) is 11.3 Å². The van der Waals surface area contributed by atoms with Gasteiger partial charge in [-0.1, -0.05) is 23.7 Å². The molecule has 0 radical (unpaired) electrons. The largest absolute Gasteiger partial charge is 0.384 e. The number of carbonyl (C=O) groups is 1. The lowest BCUT2D eigenvalue weighted by molar-refractivity contribution is 0.0737. The SMILES string of the molecule is CCC(NC(=O)c1ccc(Cl)cc1)C1[C@H]2CC(n3cc(C(C)(C)O)nn3)C[C@@H]12. The van der Waals surface area contributed by atoms with Crippen molar-refractivity contribution in [3.63, 3.8) is 0 Å². The van der Waals surface area contributed by atoms with E-state index in [1.54, 1.807) is 38.1 Å². The van der Waals surface area contributed by atoms with Crippen molar-refractivity contribution in [2.24, 2.45) is 17.8 Å². The first kappa shape index (κ1) is 19.4. The molecule has 7 heteroatoms. The van der Waals surface area contributed by atoms with Gasteiger partial charge in [0.2, 0.25) is 0 Å². The van der Waals surface area contributed by atoms with Crippen LogP contribution in [-0.2, 0) is 5.60 Å². The minimum absolute atomic E-state index is 0.0314. The minimum atomic E-state index is -0.971. The summed E-state index contributed by atoms with van der Waals surface area (Å²) in [6.45, 7) is 5.57. The Morgan fingerprint density at radius 3 is 2.50 bits per heavy atom. The molecule has 2 aliphatic rings. The smallest absolute Gasteiger partial charge is 0.251 e. The predicted molar refractivity (Wildman–Crippen MR) is 107 cm³/mol. The molecule has 0 saturated heterocycles. The fourth-order valence-corrected chi connectivity index (χ4v) is 4.86. The van der Waals surface area contributed by atoms with Gasteiger partial charge in [-0.05, 0) is 75.1 Å². The highest BCUT2D eigenvalue weighted by molar-refractivity contribution is 6.30. The molecular formula is C21H27ClN4O2. The van der Waals surface area contributed by atoms with E-state index in [1.807, 2.05) is 10.9 Å². The van der Waals surface area contributed by atoms with Gasteiger partial charge in [-0.15, -0.1) is 5.10 Å². The van der Waals surface area contributed by atoms with Crippen molar-refractivity contribution in [3.8, 4) is 0 Å². The van der Waals surface area contributed by atoms with E-state index in [1.165, 1.54) is 0 Å². The van der Waals surface area contributed by atoms with Crippen molar-refractivity contribution in [1.29, 1.82) is 0 Å². The van der Waals surface area contributed by atoms with Crippen LogP contribution in [0.25, 0.3) is 0 Å². The number of carbonyl (C=O) groups excluding carboxylic acids is 1. The van der Waals surface area contributed by atoms with Crippen molar-refractivity contribution in [2.75, 3.05) is 0 Å². The number of hydrogen-bond donors (Lipinski definition) is 2. The quantitative estimate of drug-likeness (QED) is 0.774. The number of benzene rings is 1. The molecule has 4 rings (SSSR count).